The van der Waals surface area contributed by atoms with Crippen LogP contribution in [0.25, 0.3) is 0 Å². The van der Waals surface area contributed by atoms with Crippen LogP contribution in [0.1, 0.15) is 37.7 Å². The first-order valence-electron chi connectivity index (χ1n) is 7.95. The van der Waals surface area contributed by atoms with Crippen molar-refractivity contribution in [3.05, 3.63) is 29.8 Å². The van der Waals surface area contributed by atoms with Gasteiger partial charge >= 0.3 is 0 Å². The number of benzene rings is 1. The van der Waals surface area contributed by atoms with Crippen LogP contribution in [-0.4, -0.2) is 35.2 Å². The summed E-state index contributed by atoms with van der Waals surface area (Å²) in [7, 11) is 0. The average molecular weight is 274 g/mol. The molecule has 3 nitrogen and oxygen atoms in total. The maximum Gasteiger partial charge on any atom is 0.0700 e. The molecule has 2 aliphatic rings. The molecule has 0 bridgehead atoms. The van der Waals surface area contributed by atoms with Crippen molar-refractivity contribution in [1.29, 1.82) is 0 Å². The second-order valence-corrected chi connectivity index (χ2v) is 6.55. The number of nitrogen functional groups attached to an aromatic ring is 1. The molecule has 1 aromatic carbocycles. The zero-order chi connectivity index (χ0) is 14.0. The van der Waals surface area contributed by atoms with Gasteiger partial charge in [0.25, 0.3) is 0 Å². The van der Waals surface area contributed by atoms with Crippen LogP contribution in [0.3, 0.4) is 0 Å². The van der Waals surface area contributed by atoms with Gasteiger partial charge in [-0.15, -0.1) is 0 Å². The molecule has 1 heterocycles. The quantitative estimate of drug-likeness (QED) is 0.832. The lowest BCUT2D eigenvalue weighted by Gasteiger charge is -2.47. The molecule has 20 heavy (non-hydrogen) atoms. The molecule has 0 radical (unpaired) electrons. The van der Waals surface area contributed by atoms with Crippen molar-refractivity contribution in [2.45, 2.75) is 44.1 Å². The van der Waals surface area contributed by atoms with E-state index in [4.69, 9.17) is 5.73 Å². The molecule has 2 unspecified atom stereocenters. The molecule has 3 heteroatoms. The highest BCUT2D eigenvalue weighted by atomic mass is 16.3. The Morgan fingerprint density at radius 3 is 2.95 bits per heavy atom. The molecule has 2 atom stereocenters. The van der Waals surface area contributed by atoms with E-state index < -0.39 is 0 Å². The number of nitrogens with two attached hydrogens (primary N) is 1. The van der Waals surface area contributed by atoms with Gasteiger partial charge < -0.3 is 15.7 Å². The van der Waals surface area contributed by atoms with Gasteiger partial charge in [-0.2, -0.15) is 0 Å². The van der Waals surface area contributed by atoms with Crippen molar-refractivity contribution in [3.63, 3.8) is 0 Å². The molecule has 1 saturated carbocycles. The van der Waals surface area contributed by atoms with Gasteiger partial charge in [0, 0.05) is 31.2 Å². The van der Waals surface area contributed by atoms with E-state index in [9.17, 15) is 5.11 Å². The largest absolute Gasteiger partial charge is 0.399 e. The molecule has 110 valence electrons. The van der Waals surface area contributed by atoms with Gasteiger partial charge in [-0.05, 0) is 37.3 Å². The van der Waals surface area contributed by atoms with E-state index in [0.29, 0.717) is 5.92 Å². The first-order chi connectivity index (χ1) is 9.67. The van der Waals surface area contributed by atoms with Crippen LogP contribution in [0.2, 0.25) is 0 Å². The fraction of sp³-hybridized carbons (Fsp3) is 0.647. The molecule has 3 rings (SSSR count). The standard InChI is InChI=1S/C17H26N2O/c18-16-7-2-1-5-14(16)8-11-19-12-10-17(20)9-4-3-6-15(17)13-19/h1-2,5,7,15,20H,3-4,6,8-13,18H2. The van der Waals surface area contributed by atoms with Crippen LogP contribution in [0.5, 0.6) is 0 Å². The minimum Gasteiger partial charge on any atom is -0.399 e. The van der Waals surface area contributed by atoms with Crippen molar-refractivity contribution in [3.8, 4) is 0 Å². The molecule has 3 N–H and O–H groups in total. The molecule has 2 fully saturated rings. The molecule has 0 amide bonds. The minimum atomic E-state index is -0.361. The third-order valence-corrected chi connectivity index (χ3v) is 5.26. The Labute approximate surface area is 121 Å². The van der Waals surface area contributed by atoms with Crippen LogP contribution in [0, 0.1) is 5.92 Å². The van der Waals surface area contributed by atoms with Crippen LogP contribution in [0.15, 0.2) is 24.3 Å². The highest BCUT2D eigenvalue weighted by molar-refractivity contribution is 5.46. The van der Waals surface area contributed by atoms with Gasteiger partial charge in [-0.1, -0.05) is 31.0 Å². The average Bonchev–Trinajstić information content (AvgIpc) is 2.46. The van der Waals surface area contributed by atoms with Gasteiger partial charge in [-0.25, -0.2) is 0 Å². The van der Waals surface area contributed by atoms with Crippen molar-refractivity contribution in [1.82, 2.24) is 4.90 Å². The smallest absolute Gasteiger partial charge is 0.0700 e. The number of nitrogens with zero attached hydrogens (tertiary/aromatic N) is 1. The van der Waals surface area contributed by atoms with Crippen molar-refractivity contribution < 1.29 is 5.11 Å². The lowest BCUT2D eigenvalue weighted by atomic mass is 9.71. The summed E-state index contributed by atoms with van der Waals surface area (Å²) < 4.78 is 0. The lowest BCUT2D eigenvalue weighted by molar-refractivity contribution is -0.0950. The van der Waals surface area contributed by atoms with Gasteiger partial charge in [0.05, 0.1) is 5.60 Å². The highest BCUT2D eigenvalue weighted by Gasteiger charge is 2.42. The molecule has 1 aliphatic carbocycles. The zero-order valence-electron chi connectivity index (χ0n) is 12.2. The Kier molecular flexibility index (Phi) is 3.99. The number of anilines is 1. The summed E-state index contributed by atoms with van der Waals surface area (Å²) in [5, 5.41) is 10.7. The monoisotopic (exact) mass is 274 g/mol. The topological polar surface area (TPSA) is 49.5 Å². The second-order valence-electron chi connectivity index (χ2n) is 6.55. The van der Waals surface area contributed by atoms with Crippen molar-refractivity contribution >= 4 is 5.69 Å². The van der Waals surface area contributed by atoms with E-state index in [1.165, 1.54) is 24.8 Å². The van der Waals surface area contributed by atoms with Crippen LogP contribution in [-0.2, 0) is 6.42 Å². The summed E-state index contributed by atoms with van der Waals surface area (Å²) in [4.78, 5) is 2.51. The molecule has 1 saturated heterocycles. The fourth-order valence-corrected chi connectivity index (χ4v) is 3.88. The summed E-state index contributed by atoms with van der Waals surface area (Å²) in [6, 6.07) is 8.14. The molecular weight excluding hydrogens is 248 g/mol. The van der Waals surface area contributed by atoms with E-state index in [0.717, 1.165) is 44.6 Å². The zero-order valence-corrected chi connectivity index (χ0v) is 12.2. The maximum absolute atomic E-state index is 10.7. The maximum atomic E-state index is 10.7. The number of rotatable bonds is 3. The molecule has 1 aromatic rings. The highest BCUT2D eigenvalue weighted by Crippen LogP contribution is 2.39. The first kappa shape index (κ1) is 13.9. The van der Waals surface area contributed by atoms with Crippen molar-refractivity contribution in [2.24, 2.45) is 5.92 Å². The van der Waals surface area contributed by atoms with Crippen LogP contribution >= 0.6 is 0 Å². The third kappa shape index (κ3) is 2.84. The van der Waals surface area contributed by atoms with Crippen LogP contribution in [0.4, 0.5) is 5.69 Å². The second kappa shape index (κ2) is 5.74. The Balaban J connectivity index is 1.56. The van der Waals surface area contributed by atoms with E-state index in [1.807, 2.05) is 12.1 Å². The predicted molar refractivity (Wildman–Crippen MR) is 82.5 cm³/mol. The Bertz CT molecular complexity index is 462. The summed E-state index contributed by atoms with van der Waals surface area (Å²) in [6.45, 7) is 3.14. The fourth-order valence-electron chi connectivity index (χ4n) is 3.88. The predicted octanol–water partition coefficient (Wildman–Crippen LogP) is 2.44. The number of hydrogen-bond acceptors (Lipinski definition) is 3. The van der Waals surface area contributed by atoms with E-state index in [2.05, 4.69) is 17.0 Å². The number of piperidine rings is 1. The number of aliphatic hydroxyl groups is 1. The normalized spacial score (nSPS) is 30.9. The third-order valence-electron chi connectivity index (χ3n) is 5.26. The lowest BCUT2D eigenvalue weighted by Crippen LogP contribution is -2.53. The van der Waals surface area contributed by atoms with E-state index in [-0.39, 0.29) is 5.60 Å². The van der Waals surface area contributed by atoms with E-state index >= 15 is 0 Å². The minimum absolute atomic E-state index is 0.361. The molecule has 0 spiro atoms. The van der Waals surface area contributed by atoms with Crippen molar-refractivity contribution in [2.75, 3.05) is 25.4 Å². The number of fused-ring (bicyclic) bond motifs is 1. The summed E-state index contributed by atoms with van der Waals surface area (Å²) in [5.41, 5.74) is 7.79. The number of hydrogen-bond donors (Lipinski definition) is 2. The van der Waals surface area contributed by atoms with Gasteiger partial charge in [0.1, 0.15) is 0 Å². The van der Waals surface area contributed by atoms with E-state index in [1.54, 1.807) is 0 Å². The van der Waals surface area contributed by atoms with Gasteiger partial charge in [0.15, 0.2) is 0 Å². The first-order valence-corrected chi connectivity index (χ1v) is 7.95. The molecular formula is C17H26N2O. The van der Waals surface area contributed by atoms with Gasteiger partial charge in [0.2, 0.25) is 0 Å². The number of likely N-dealkylation sites (tertiary alicyclic amines) is 1. The summed E-state index contributed by atoms with van der Waals surface area (Å²) >= 11 is 0. The summed E-state index contributed by atoms with van der Waals surface area (Å²) in [5.74, 6) is 0.484. The Morgan fingerprint density at radius 1 is 1.25 bits per heavy atom. The summed E-state index contributed by atoms with van der Waals surface area (Å²) in [6.07, 6.45) is 6.65. The van der Waals surface area contributed by atoms with Gasteiger partial charge in [-0.3, -0.25) is 0 Å². The molecule has 0 aromatic heterocycles. The van der Waals surface area contributed by atoms with Crippen LogP contribution < -0.4 is 5.73 Å². The molecule has 1 aliphatic heterocycles. The number of para-hydroxylation sites is 1. The Hall–Kier alpha value is -1.06. The Morgan fingerprint density at radius 2 is 2.10 bits per heavy atom. The SMILES string of the molecule is Nc1ccccc1CCN1CCC2(O)CCCCC2C1.